The van der Waals surface area contributed by atoms with Crippen molar-refractivity contribution in [2.24, 2.45) is 5.92 Å². The molecule has 0 radical (unpaired) electrons. The second-order valence-electron chi connectivity index (χ2n) is 10.4. The summed E-state index contributed by atoms with van der Waals surface area (Å²) in [4.78, 5) is 7.50. The number of unbranched alkanes of at least 4 members (excludes halogenated alkanes) is 1. The molecule has 1 aliphatic carbocycles. The number of H-pyrrole nitrogens is 1. The summed E-state index contributed by atoms with van der Waals surface area (Å²) in [7, 11) is 1.77. The molecule has 1 aromatic heterocycles. The number of nitrogens with one attached hydrogen (secondary N) is 1. The fourth-order valence-electron chi connectivity index (χ4n) is 5.25. The molecule has 0 saturated heterocycles. The first-order chi connectivity index (χ1) is 15.3. The van der Waals surface area contributed by atoms with E-state index in [1.807, 2.05) is 6.20 Å². The third kappa shape index (κ3) is 4.32. The highest BCUT2D eigenvalue weighted by atomic mass is 16.5. The number of rotatable bonds is 8. The molecule has 0 amide bonds. The summed E-state index contributed by atoms with van der Waals surface area (Å²) < 4.78 is 18.6. The van der Waals surface area contributed by atoms with Gasteiger partial charge < -0.3 is 19.2 Å². The van der Waals surface area contributed by atoms with Crippen molar-refractivity contribution in [1.29, 1.82) is 0 Å². The highest BCUT2D eigenvalue weighted by molar-refractivity contribution is 5.66. The van der Waals surface area contributed by atoms with E-state index in [1.165, 1.54) is 16.7 Å². The molecule has 0 bridgehead atoms. The van der Waals surface area contributed by atoms with Crippen molar-refractivity contribution in [2.75, 3.05) is 20.3 Å². The molecule has 0 fully saturated rings. The average Bonchev–Trinajstić information content (AvgIpc) is 3.30. The van der Waals surface area contributed by atoms with Gasteiger partial charge in [0.15, 0.2) is 0 Å². The van der Waals surface area contributed by atoms with Crippen molar-refractivity contribution in [3.63, 3.8) is 0 Å². The zero-order chi connectivity index (χ0) is 22.9. The van der Waals surface area contributed by atoms with E-state index < -0.39 is 0 Å². The lowest BCUT2D eigenvalue weighted by molar-refractivity contribution is 0.00891. The predicted molar refractivity (Wildman–Crippen MR) is 128 cm³/mol. The Morgan fingerprint density at radius 3 is 2.78 bits per heavy atom. The Hall–Kier alpha value is -2.27. The fourth-order valence-corrected chi connectivity index (χ4v) is 5.25. The third-order valence-electron chi connectivity index (χ3n) is 7.24. The van der Waals surface area contributed by atoms with Crippen molar-refractivity contribution < 1.29 is 14.2 Å². The van der Waals surface area contributed by atoms with Crippen molar-refractivity contribution in [2.45, 2.75) is 77.2 Å². The molecular weight excluding hydrogens is 400 g/mol. The number of ether oxygens (including phenoxy) is 3. The molecule has 2 aliphatic rings. The van der Waals surface area contributed by atoms with Gasteiger partial charge >= 0.3 is 0 Å². The Balaban J connectivity index is 1.70. The second kappa shape index (κ2) is 8.93. The van der Waals surface area contributed by atoms with Gasteiger partial charge in [0.1, 0.15) is 17.1 Å². The standard InChI is InChI=1S/C27H38N2O3/c1-7-8-11-31-16-26(2,3)19-13-23(30-6)25-20-12-18(22-15-28-17-29-22)9-10-21(20)27(4,5)32-24(25)14-19/h9,13-15,17,20-21H,7-8,10-12,16H2,1-6H3,(H,28,29)/t20-,21-/m1/s1. The predicted octanol–water partition coefficient (Wildman–Crippen LogP) is 6.26. The molecule has 4 rings (SSSR count). The zero-order valence-corrected chi connectivity index (χ0v) is 20.5. The Morgan fingerprint density at radius 2 is 2.09 bits per heavy atom. The van der Waals surface area contributed by atoms with E-state index in [-0.39, 0.29) is 11.0 Å². The number of allylic oxidation sites excluding steroid dienone is 2. The molecule has 2 heterocycles. The first-order valence-corrected chi connectivity index (χ1v) is 11.9. The molecule has 0 unspecified atom stereocenters. The summed E-state index contributed by atoms with van der Waals surface area (Å²) in [5.41, 5.74) is 4.44. The van der Waals surface area contributed by atoms with Gasteiger partial charge in [-0.2, -0.15) is 0 Å². The maximum atomic E-state index is 6.67. The Kier molecular flexibility index (Phi) is 6.39. The minimum Gasteiger partial charge on any atom is -0.496 e. The number of aromatic amines is 1. The topological polar surface area (TPSA) is 56.4 Å². The highest BCUT2D eigenvalue weighted by Crippen LogP contribution is 2.56. The van der Waals surface area contributed by atoms with Gasteiger partial charge in [0.05, 0.1) is 31.9 Å². The quantitative estimate of drug-likeness (QED) is 0.494. The molecule has 174 valence electrons. The van der Waals surface area contributed by atoms with Gasteiger partial charge in [0.2, 0.25) is 0 Å². The summed E-state index contributed by atoms with van der Waals surface area (Å²) >= 11 is 0. The molecule has 1 N–H and O–H groups in total. The highest BCUT2D eigenvalue weighted by Gasteiger charge is 2.46. The second-order valence-corrected chi connectivity index (χ2v) is 10.4. The van der Waals surface area contributed by atoms with Crippen LogP contribution in [0.1, 0.15) is 83.0 Å². The Morgan fingerprint density at radius 1 is 1.28 bits per heavy atom. The minimum absolute atomic E-state index is 0.131. The van der Waals surface area contributed by atoms with Crippen LogP contribution in [-0.4, -0.2) is 35.9 Å². The van der Waals surface area contributed by atoms with Crippen LogP contribution in [0, 0.1) is 5.92 Å². The van der Waals surface area contributed by atoms with Crippen molar-refractivity contribution in [3.8, 4) is 11.5 Å². The Labute approximate surface area is 192 Å². The summed E-state index contributed by atoms with van der Waals surface area (Å²) in [6.45, 7) is 12.6. The van der Waals surface area contributed by atoms with E-state index in [0.717, 1.165) is 49.5 Å². The lowest BCUT2D eigenvalue weighted by Crippen LogP contribution is -2.45. The molecule has 5 heteroatoms. The summed E-state index contributed by atoms with van der Waals surface area (Å²) in [5, 5.41) is 0. The molecule has 2 aromatic rings. The molecule has 0 saturated carbocycles. The minimum atomic E-state index is -0.251. The Bertz CT molecular complexity index is 960. The van der Waals surface area contributed by atoms with Gasteiger partial charge in [-0.3, -0.25) is 0 Å². The zero-order valence-electron chi connectivity index (χ0n) is 20.5. The summed E-state index contributed by atoms with van der Waals surface area (Å²) in [6.07, 6.45) is 10.2. The van der Waals surface area contributed by atoms with Crippen LogP contribution in [0.25, 0.3) is 5.57 Å². The average molecular weight is 439 g/mol. The fraction of sp³-hybridized carbons (Fsp3) is 0.593. The molecule has 1 aromatic carbocycles. The van der Waals surface area contributed by atoms with E-state index in [9.17, 15) is 0 Å². The van der Waals surface area contributed by atoms with Crippen LogP contribution in [0.15, 0.2) is 30.7 Å². The van der Waals surface area contributed by atoms with Crippen molar-refractivity contribution in [3.05, 3.63) is 47.6 Å². The van der Waals surface area contributed by atoms with Crippen LogP contribution in [-0.2, 0) is 10.2 Å². The summed E-state index contributed by atoms with van der Waals surface area (Å²) in [5.74, 6) is 2.62. The van der Waals surface area contributed by atoms with Gasteiger partial charge in [0, 0.05) is 29.4 Å². The SMILES string of the molecule is CCCCOCC(C)(C)c1cc(OC)c2c(c1)OC(C)(C)[C@@H]1CC=C(c3cnc[nH]3)C[C@@H]21. The summed E-state index contributed by atoms with van der Waals surface area (Å²) in [6, 6.07) is 4.43. The number of benzene rings is 1. The number of hydrogen-bond acceptors (Lipinski definition) is 4. The number of hydrogen-bond donors (Lipinski definition) is 1. The normalized spacial score (nSPS) is 21.9. The molecule has 0 spiro atoms. The largest absolute Gasteiger partial charge is 0.496 e. The molecule has 1 aliphatic heterocycles. The monoisotopic (exact) mass is 438 g/mol. The molecular formula is C27H38N2O3. The van der Waals surface area contributed by atoms with Gasteiger partial charge in [0.25, 0.3) is 0 Å². The lowest BCUT2D eigenvalue weighted by atomic mass is 9.66. The van der Waals surface area contributed by atoms with Crippen LogP contribution in [0.4, 0.5) is 0 Å². The maximum absolute atomic E-state index is 6.67. The van der Waals surface area contributed by atoms with Gasteiger partial charge in [-0.1, -0.05) is 33.3 Å². The first-order valence-electron chi connectivity index (χ1n) is 11.9. The number of methoxy groups -OCH3 is 1. The van der Waals surface area contributed by atoms with Gasteiger partial charge in [-0.05, 0) is 56.4 Å². The van der Waals surface area contributed by atoms with Crippen LogP contribution < -0.4 is 9.47 Å². The maximum Gasteiger partial charge on any atom is 0.127 e. The van der Waals surface area contributed by atoms with E-state index in [2.05, 4.69) is 62.8 Å². The first kappa shape index (κ1) is 22.9. The van der Waals surface area contributed by atoms with Crippen LogP contribution >= 0.6 is 0 Å². The third-order valence-corrected chi connectivity index (χ3v) is 7.24. The molecule has 5 nitrogen and oxygen atoms in total. The van der Waals surface area contributed by atoms with E-state index in [4.69, 9.17) is 14.2 Å². The molecule has 2 atom stereocenters. The van der Waals surface area contributed by atoms with E-state index in [0.29, 0.717) is 18.4 Å². The lowest BCUT2D eigenvalue weighted by Gasteiger charge is -2.47. The number of aromatic nitrogens is 2. The molecule has 32 heavy (non-hydrogen) atoms. The van der Waals surface area contributed by atoms with Crippen molar-refractivity contribution in [1.82, 2.24) is 9.97 Å². The van der Waals surface area contributed by atoms with E-state index in [1.54, 1.807) is 13.4 Å². The van der Waals surface area contributed by atoms with Crippen LogP contribution in [0.3, 0.4) is 0 Å². The van der Waals surface area contributed by atoms with Crippen molar-refractivity contribution >= 4 is 5.57 Å². The number of fused-ring (bicyclic) bond motifs is 3. The van der Waals surface area contributed by atoms with Gasteiger partial charge in [-0.25, -0.2) is 4.98 Å². The van der Waals surface area contributed by atoms with Crippen LogP contribution in [0.2, 0.25) is 0 Å². The smallest absolute Gasteiger partial charge is 0.127 e. The van der Waals surface area contributed by atoms with Gasteiger partial charge in [-0.15, -0.1) is 0 Å². The van der Waals surface area contributed by atoms with E-state index >= 15 is 0 Å². The number of nitrogens with zero attached hydrogens (tertiary/aromatic N) is 1. The number of imidazole rings is 1. The van der Waals surface area contributed by atoms with Crippen LogP contribution in [0.5, 0.6) is 11.5 Å².